The average Bonchev–Trinajstić information content (AvgIpc) is 3.12. The van der Waals surface area contributed by atoms with E-state index in [4.69, 9.17) is 19.9 Å². The highest BCUT2D eigenvalue weighted by atomic mass is 14.9. The SMILES string of the molecule is Cc1cc(-c2cccc(-c3nc(-c4ccccc4)cc(-c4ccccn4)n3)c2)c2ccc3ccc(-c4ccccc4)nc3c2n1. The highest BCUT2D eigenvalue weighted by Crippen LogP contribution is 2.35. The van der Waals surface area contributed by atoms with Crippen LogP contribution in [0.1, 0.15) is 5.69 Å². The van der Waals surface area contributed by atoms with Crippen LogP contribution in [0.5, 0.6) is 0 Å². The topological polar surface area (TPSA) is 64.5 Å². The van der Waals surface area contributed by atoms with Crippen LogP contribution < -0.4 is 0 Å². The molecule has 212 valence electrons. The number of hydrogen-bond donors (Lipinski definition) is 0. The van der Waals surface area contributed by atoms with E-state index in [0.29, 0.717) is 5.82 Å². The van der Waals surface area contributed by atoms with E-state index >= 15 is 0 Å². The molecule has 0 N–H and O–H groups in total. The summed E-state index contributed by atoms with van der Waals surface area (Å²) in [7, 11) is 0. The molecule has 0 aliphatic heterocycles. The number of hydrogen-bond acceptors (Lipinski definition) is 5. The van der Waals surface area contributed by atoms with Gasteiger partial charge in [-0.05, 0) is 54.4 Å². The third-order valence-electron chi connectivity index (χ3n) is 7.99. The maximum atomic E-state index is 5.10. The van der Waals surface area contributed by atoms with E-state index in [2.05, 4.69) is 83.8 Å². The summed E-state index contributed by atoms with van der Waals surface area (Å²) >= 11 is 0. The summed E-state index contributed by atoms with van der Waals surface area (Å²) in [6.45, 7) is 2.04. The Morgan fingerprint density at radius 2 is 1.11 bits per heavy atom. The lowest BCUT2D eigenvalue weighted by atomic mass is 9.97. The van der Waals surface area contributed by atoms with E-state index < -0.39 is 0 Å². The van der Waals surface area contributed by atoms with Gasteiger partial charge in [-0.25, -0.2) is 15.0 Å². The summed E-state index contributed by atoms with van der Waals surface area (Å²) < 4.78 is 0. The molecular weight excluding hydrogens is 550 g/mol. The fraction of sp³-hybridized carbons (Fsp3) is 0.0250. The number of aryl methyl sites for hydroxylation is 1. The van der Waals surface area contributed by atoms with Gasteiger partial charge in [0.15, 0.2) is 5.82 Å². The molecule has 45 heavy (non-hydrogen) atoms. The molecule has 0 bridgehead atoms. The monoisotopic (exact) mass is 577 g/mol. The van der Waals surface area contributed by atoms with Crippen LogP contribution in [-0.4, -0.2) is 24.9 Å². The van der Waals surface area contributed by atoms with Crippen LogP contribution in [0.15, 0.2) is 146 Å². The van der Waals surface area contributed by atoms with Crippen molar-refractivity contribution in [2.45, 2.75) is 6.92 Å². The Kier molecular flexibility index (Phi) is 6.61. The highest BCUT2D eigenvalue weighted by Gasteiger charge is 2.15. The van der Waals surface area contributed by atoms with Crippen molar-refractivity contribution in [3.63, 3.8) is 0 Å². The van der Waals surface area contributed by atoms with Crippen molar-refractivity contribution in [3.05, 3.63) is 151 Å². The molecule has 4 aromatic carbocycles. The van der Waals surface area contributed by atoms with Gasteiger partial charge >= 0.3 is 0 Å². The van der Waals surface area contributed by atoms with Crippen LogP contribution in [0.25, 0.3) is 78.2 Å². The second-order valence-corrected chi connectivity index (χ2v) is 11.0. The quantitative estimate of drug-likeness (QED) is 0.191. The molecule has 0 radical (unpaired) electrons. The van der Waals surface area contributed by atoms with Crippen molar-refractivity contribution in [1.82, 2.24) is 24.9 Å². The molecule has 4 heterocycles. The fourth-order valence-electron chi connectivity index (χ4n) is 5.81. The standard InChI is InChI=1S/C40H27N5/c1-26-23-33(32-20-18-29-19-21-34(27-11-4-2-5-12-27)43-38(29)39(32)42-26)30-15-10-16-31(24-30)40-44-36(28-13-6-3-7-14-28)25-37(45-40)35-17-8-9-22-41-35/h2-25H,1H3. The van der Waals surface area contributed by atoms with Crippen LogP contribution in [-0.2, 0) is 0 Å². The molecule has 8 aromatic rings. The van der Waals surface area contributed by atoms with E-state index in [1.54, 1.807) is 6.20 Å². The summed E-state index contributed by atoms with van der Waals surface area (Å²) in [5, 5.41) is 2.12. The first-order valence-corrected chi connectivity index (χ1v) is 14.9. The zero-order valence-corrected chi connectivity index (χ0v) is 24.6. The summed E-state index contributed by atoms with van der Waals surface area (Å²) in [4.78, 5) is 24.7. The molecule has 0 atom stereocenters. The number of fused-ring (bicyclic) bond motifs is 3. The van der Waals surface area contributed by atoms with Gasteiger partial charge in [-0.15, -0.1) is 0 Å². The molecule has 0 aliphatic carbocycles. The minimum absolute atomic E-state index is 0.647. The maximum Gasteiger partial charge on any atom is 0.160 e. The Balaban J connectivity index is 1.29. The van der Waals surface area contributed by atoms with Gasteiger partial charge in [0.2, 0.25) is 0 Å². The first-order chi connectivity index (χ1) is 22.2. The van der Waals surface area contributed by atoms with Crippen molar-refractivity contribution in [2.75, 3.05) is 0 Å². The van der Waals surface area contributed by atoms with E-state index in [0.717, 1.165) is 78.1 Å². The van der Waals surface area contributed by atoms with Gasteiger partial charge in [-0.2, -0.15) is 0 Å². The van der Waals surface area contributed by atoms with E-state index in [1.807, 2.05) is 67.6 Å². The van der Waals surface area contributed by atoms with Crippen LogP contribution in [0.3, 0.4) is 0 Å². The van der Waals surface area contributed by atoms with E-state index in [1.165, 1.54) is 0 Å². The third-order valence-corrected chi connectivity index (χ3v) is 7.99. The van der Waals surface area contributed by atoms with Gasteiger partial charge in [0.05, 0.1) is 33.8 Å². The highest BCUT2D eigenvalue weighted by molar-refractivity contribution is 6.09. The third kappa shape index (κ3) is 5.11. The van der Waals surface area contributed by atoms with Crippen LogP contribution in [0.2, 0.25) is 0 Å². The molecule has 5 heteroatoms. The minimum Gasteiger partial charge on any atom is -0.255 e. The van der Waals surface area contributed by atoms with Crippen molar-refractivity contribution in [2.24, 2.45) is 0 Å². The summed E-state index contributed by atoms with van der Waals surface area (Å²) in [5.74, 6) is 0.647. The first-order valence-electron chi connectivity index (χ1n) is 14.9. The van der Waals surface area contributed by atoms with Gasteiger partial charge in [0.1, 0.15) is 0 Å². The van der Waals surface area contributed by atoms with Gasteiger partial charge in [-0.1, -0.05) is 103 Å². The Labute approximate surface area is 261 Å². The van der Waals surface area contributed by atoms with Crippen LogP contribution >= 0.6 is 0 Å². The molecule has 0 saturated heterocycles. The Hall–Kier alpha value is -6.07. The number of pyridine rings is 3. The molecule has 5 nitrogen and oxygen atoms in total. The van der Waals surface area contributed by atoms with Crippen molar-refractivity contribution in [1.29, 1.82) is 0 Å². The molecule has 4 aromatic heterocycles. The average molecular weight is 578 g/mol. The number of nitrogens with zero attached hydrogens (tertiary/aromatic N) is 5. The fourth-order valence-corrected chi connectivity index (χ4v) is 5.81. The molecule has 0 saturated carbocycles. The lowest BCUT2D eigenvalue weighted by Gasteiger charge is -2.13. The largest absolute Gasteiger partial charge is 0.255 e. The predicted octanol–water partition coefficient (Wildman–Crippen LogP) is 9.61. The molecule has 0 spiro atoms. The summed E-state index contributed by atoms with van der Waals surface area (Å²) in [5.41, 5.74) is 11.3. The first kappa shape index (κ1) is 26.5. The number of aromatic nitrogens is 5. The second-order valence-electron chi connectivity index (χ2n) is 11.0. The summed E-state index contributed by atoms with van der Waals surface area (Å²) in [6, 6.07) is 47.4. The van der Waals surface area contributed by atoms with Crippen molar-refractivity contribution < 1.29 is 0 Å². The summed E-state index contributed by atoms with van der Waals surface area (Å²) in [6.07, 6.45) is 1.79. The number of benzene rings is 4. The normalized spacial score (nSPS) is 11.2. The number of rotatable bonds is 5. The molecule has 0 amide bonds. The zero-order valence-electron chi connectivity index (χ0n) is 24.6. The van der Waals surface area contributed by atoms with Gasteiger partial charge < -0.3 is 0 Å². The van der Waals surface area contributed by atoms with Gasteiger partial charge in [0.25, 0.3) is 0 Å². The maximum absolute atomic E-state index is 5.10. The Morgan fingerprint density at radius 3 is 1.89 bits per heavy atom. The van der Waals surface area contributed by atoms with E-state index in [-0.39, 0.29) is 0 Å². The molecule has 8 rings (SSSR count). The Bertz CT molecular complexity index is 2260. The van der Waals surface area contributed by atoms with Crippen molar-refractivity contribution in [3.8, 4) is 56.4 Å². The Morgan fingerprint density at radius 1 is 0.422 bits per heavy atom. The molecule has 0 unspecified atom stereocenters. The molecule has 0 fully saturated rings. The molecule has 0 aliphatic rings. The van der Waals surface area contributed by atoms with Crippen molar-refractivity contribution >= 4 is 21.8 Å². The van der Waals surface area contributed by atoms with Gasteiger partial charge in [-0.3, -0.25) is 9.97 Å². The molecular formula is C40H27N5. The zero-order chi connectivity index (χ0) is 30.2. The smallest absolute Gasteiger partial charge is 0.160 e. The minimum atomic E-state index is 0.647. The van der Waals surface area contributed by atoms with E-state index in [9.17, 15) is 0 Å². The lowest BCUT2D eigenvalue weighted by Crippen LogP contribution is -1.97. The van der Waals surface area contributed by atoms with Crippen LogP contribution in [0, 0.1) is 6.92 Å². The lowest BCUT2D eigenvalue weighted by molar-refractivity contribution is 1.16. The van der Waals surface area contributed by atoms with Crippen LogP contribution in [0.4, 0.5) is 0 Å². The van der Waals surface area contributed by atoms with Gasteiger partial charge in [0, 0.05) is 39.4 Å². The predicted molar refractivity (Wildman–Crippen MR) is 182 cm³/mol. The second kappa shape index (κ2) is 11.2.